The highest BCUT2D eigenvalue weighted by atomic mass is 35.5. The Labute approximate surface area is 227 Å². The molecule has 1 aliphatic heterocycles. The molecule has 1 fully saturated rings. The molecule has 0 spiro atoms. The number of thiazole rings is 1. The number of nitrogens with zero attached hydrogens (tertiary/aromatic N) is 4. The maximum Gasteiger partial charge on any atom is 0.267 e. The summed E-state index contributed by atoms with van der Waals surface area (Å²) in [6.07, 6.45) is 0. The molecule has 9 nitrogen and oxygen atoms in total. The van der Waals surface area contributed by atoms with Crippen LogP contribution in [0, 0.1) is 0 Å². The first-order valence-corrected chi connectivity index (χ1v) is 12.3. The first kappa shape index (κ1) is 29.9. The first-order chi connectivity index (χ1) is 16.5. The molecule has 0 unspecified atom stereocenters. The second-order valence-corrected chi connectivity index (χ2v) is 9.34. The van der Waals surface area contributed by atoms with Gasteiger partial charge in [-0.05, 0) is 19.9 Å². The van der Waals surface area contributed by atoms with E-state index < -0.39 is 0 Å². The lowest BCUT2D eigenvalue weighted by atomic mass is 10.1. The highest BCUT2D eigenvalue weighted by Crippen LogP contribution is 2.37. The fraction of sp³-hybridized carbons (Fsp3) is 0.417. The fourth-order valence-corrected chi connectivity index (χ4v) is 4.65. The summed E-state index contributed by atoms with van der Waals surface area (Å²) in [7, 11) is 0. The van der Waals surface area contributed by atoms with Gasteiger partial charge in [-0.2, -0.15) is 5.10 Å². The molecule has 0 aliphatic carbocycles. The standard InChI is InChI=1S/C24H30N6O3S.2ClH/c1-17(2)30-21(32)9-8-19(28-30)23-22(18-6-4-3-5-7-18)27-24(34-23)26-20(31)16-25-10-11-29-12-14-33-15-13-29;;/h3-9,17,25H,10-16H2,1-2H3,(H,26,27,31);2*1H. The van der Waals surface area contributed by atoms with Crippen molar-refractivity contribution in [2.24, 2.45) is 0 Å². The predicted octanol–water partition coefficient (Wildman–Crippen LogP) is 3.32. The number of benzene rings is 1. The van der Waals surface area contributed by atoms with Crippen molar-refractivity contribution in [1.82, 2.24) is 25.0 Å². The van der Waals surface area contributed by atoms with E-state index in [0.717, 1.165) is 55.5 Å². The van der Waals surface area contributed by atoms with E-state index in [-0.39, 0.29) is 48.9 Å². The zero-order valence-corrected chi connectivity index (χ0v) is 22.8. The topological polar surface area (TPSA) is 101 Å². The average molecular weight is 556 g/mol. The molecule has 3 aromatic rings. The number of halogens is 2. The molecule has 3 heterocycles. The van der Waals surface area contributed by atoms with Crippen molar-refractivity contribution >= 4 is 47.2 Å². The zero-order chi connectivity index (χ0) is 23.9. The van der Waals surface area contributed by atoms with Crippen molar-refractivity contribution in [1.29, 1.82) is 0 Å². The van der Waals surface area contributed by atoms with Gasteiger partial charge in [0.25, 0.3) is 5.56 Å². The number of anilines is 1. The van der Waals surface area contributed by atoms with Gasteiger partial charge >= 0.3 is 0 Å². The second-order valence-electron chi connectivity index (χ2n) is 8.34. The van der Waals surface area contributed by atoms with E-state index in [4.69, 9.17) is 9.72 Å². The number of morpholine rings is 1. The summed E-state index contributed by atoms with van der Waals surface area (Å²) in [5.41, 5.74) is 2.14. The fourth-order valence-electron chi connectivity index (χ4n) is 3.68. The minimum Gasteiger partial charge on any atom is -0.379 e. The lowest BCUT2D eigenvalue weighted by molar-refractivity contribution is -0.115. The van der Waals surface area contributed by atoms with Crippen LogP contribution in [0.2, 0.25) is 0 Å². The predicted molar refractivity (Wildman–Crippen MR) is 149 cm³/mol. The number of ether oxygens (including phenoxy) is 1. The van der Waals surface area contributed by atoms with Crippen molar-refractivity contribution in [3.05, 3.63) is 52.8 Å². The second kappa shape index (κ2) is 14.4. The van der Waals surface area contributed by atoms with E-state index in [0.29, 0.717) is 10.8 Å². The molecule has 36 heavy (non-hydrogen) atoms. The Bertz CT molecular complexity index is 1170. The molecule has 1 aromatic carbocycles. The molecule has 1 aliphatic rings. The molecular formula is C24H32Cl2N6O3S. The van der Waals surface area contributed by atoms with Crippen LogP contribution in [0.3, 0.4) is 0 Å². The molecular weight excluding hydrogens is 523 g/mol. The van der Waals surface area contributed by atoms with Crippen LogP contribution in [0.5, 0.6) is 0 Å². The van der Waals surface area contributed by atoms with Crippen LogP contribution in [-0.2, 0) is 9.53 Å². The average Bonchev–Trinajstić information content (AvgIpc) is 3.27. The molecule has 0 saturated carbocycles. The van der Waals surface area contributed by atoms with Crippen LogP contribution in [-0.4, -0.2) is 71.5 Å². The van der Waals surface area contributed by atoms with E-state index in [1.54, 1.807) is 6.07 Å². The van der Waals surface area contributed by atoms with Crippen LogP contribution in [0.1, 0.15) is 19.9 Å². The largest absolute Gasteiger partial charge is 0.379 e. The zero-order valence-electron chi connectivity index (χ0n) is 20.3. The van der Waals surface area contributed by atoms with Crippen LogP contribution in [0.4, 0.5) is 5.13 Å². The summed E-state index contributed by atoms with van der Waals surface area (Å²) in [6.45, 7) is 9.03. The maximum absolute atomic E-state index is 12.5. The van der Waals surface area contributed by atoms with E-state index in [1.807, 2.05) is 44.2 Å². The number of nitrogens with one attached hydrogen (secondary N) is 2. The normalized spacial score (nSPS) is 13.6. The molecule has 0 atom stereocenters. The molecule has 196 valence electrons. The number of aromatic nitrogens is 3. The van der Waals surface area contributed by atoms with Gasteiger partial charge in [0.2, 0.25) is 5.91 Å². The van der Waals surface area contributed by atoms with E-state index >= 15 is 0 Å². The number of carbonyl (C=O) groups excluding carboxylic acids is 1. The molecule has 2 N–H and O–H groups in total. The number of carbonyl (C=O) groups is 1. The SMILES string of the molecule is CC(C)n1nc(-c2sc(NC(=O)CNCCN3CCOCC3)nc2-c2ccccc2)ccc1=O.Cl.Cl. The van der Waals surface area contributed by atoms with Crippen molar-refractivity contribution in [3.63, 3.8) is 0 Å². The molecule has 0 bridgehead atoms. The summed E-state index contributed by atoms with van der Waals surface area (Å²) >= 11 is 1.35. The van der Waals surface area contributed by atoms with Gasteiger partial charge in [0, 0.05) is 37.8 Å². The summed E-state index contributed by atoms with van der Waals surface area (Å²) in [5, 5.41) is 11.2. The lowest BCUT2D eigenvalue weighted by Gasteiger charge is -2.26. The Morgan fingerprint density at radius 3 is 2.53 bits per heavy atom. The first-order valence-electron chi connectivity index (χ1n) is 11.5. The molecule has 2 aromatic heterocycles. The quantitative estimate of drug-likeness (QED) is 0.391. The van der Waals surface area contributed by atoms with Gasteiger partial charge in [-0.15, -0.1) is 24.8 Å². The summed E-state index contributed by atoms with van der Waals surface area (Å²) in [5.74, 6) is -0.151. The van der Waals surface area contributed by atoms with Crippen molar-refractivity contribution in [3.8, 4) is 21.8 Å². The lowest BCUT2D eigenvalue weighted by Crippen LogP contribution is -2.41. The molecule has 4 rings (SSSR count). The van der Waals surface area contributed by atoms with Gasteiger partial charge in [-0.3, -0.25) is 14.5 Å². The monoisotopic (exact) mass is 554 g/mol. The van der Waals surface area contributed by atoms with E-state index in [9.17, 15) is 9.59 Å². The van der Waals surface area contributed by atoms with Crippen LogP contribution in [0.25, 0.3) is 21.8 Å². The number of rotatable bonds is 9. The number of amides is 1. The maximum atomic E-state index is 12.5. The molecule has 1 saturated heterocycles. The van der Waals surface area contributed by atoms with Gasteiger partial charge in [-0.1, -0.05) is 41.7 Å². The van der Waals surface area contributed by atoms with Crippen LogP contribution >= 0.6 is 36.2 Å². The Hall–Kier alpha value is -2.34. The molecule has 1 amide bonds. The summed E-state index contributed by atoms with van der Waals surface area (Å²) in [6, 6.07) is 12.9. The van der Waals surface area contributed by atoms with Crippen molar-refractivity contribution in [2.45, 2.75) is 19.9 Å². The van der Waals surface area contributed by atoms with Gasteiger partial charge in [0.1, 0.15) is 5.69 Å². The third kappa shape index (κ3) is 7.83. The molecule has 12 heteroatoms. The smallest absolute Gasteiger partial charge is 0.267 e. The number of hydrogen-bond acceptors (Lipinski definition) is 8. The van der Waals surface area contributed by atoms with Crippen LogP contribution < -0.4 is 16.2 Å². The van der Waals surface area contributed by atoms with Crippen molar-refractivity contribution < 1.29 is 9.53 Å². The summed E-state index contributed by atoms with van der Waals surface area (Å²) < 4.78 is 6.82. The van der Waals surface area contributed by atoms with E-state index in [1.165, 1.54) is 22.1 Å². The highest BCUT2D eigenvalue weighted by molar-refractivity contribution is 7.19. The third-order valence-corrected chi connectivity index (χ3v) is 6.45. The minimum absolute atomic E-state index is 0. The summed E-state index contributed by atoms with van der Waals surface area (Å²) in [4.78, 5) is 32.6. The Morgan fingerprint density at radius 1 is 1.11 bits per heavy atom. The van der Waals surface area contributed by atoms with Gasteiger partial charge in [-0.25, -0.2) is 9.67 Å². The number of hydrogen-bond donors (Lipinski definition) is 2. The highest BCUT2D eigenvalue weighted by Gasteiger charge is 2.19. The van der Waals surface area contributed by atoms with E-state index in [2.05, 4.69) is 20.6 Å². The minimum atomic E-state index is -0.152. The van der Waals surface area contributed by atoms with Gasteiger partial charge in [0.15, 0.2) is 5.13 Å². The van der Waals surface area contributed by atoms with Gasteiger partial charge in [0.05, 0.1) is 36.4 Å². The van der Waals surface area contributed by atoms with Gasteiger partial charge < -0.3 is 15.4 Å². The molecule has 0 radical (unpaired) electrons. The van der Waals surface area contributed by atoms with Crippen molar-refractivity contribution in [2.75, 3.05) is 51.3 Å². The third-order valence-electron chi connectivity index (χ3n) is 5.46. The van der Waals surface area contributed by atoms with Crippen LogP contribution in [0.15, 0.2) is 47.3 Å². The Balaban J connectivity index is 0.00000228. The Kier molecular flexibility index (Phi) is 12.0. The Morgan fingerprint density at radius 2 is 1.83 bits per heavy atom.